The molecule has 0 aliphatic heterocycles. The maximum Gasteiger partial charge on any atom is 0.337 e. The van der Waals surface area contributed by atoms with Crippen molar-refractivity contribution in [3.8, 4) is 5.75 Å². The van der Waals surface area contributed by atoms with Crippen molar-refractivity contribution in [1.82, 2.24) is 0 Å². The van der Waals surface area contributed by atoms with Gasteiger partial charge in [0.05, 0.1) is 25.5 Å². The molecule has 0 spiro atoms. The summed E-state index contributed by atoms with van der Waals surface area (Å²) in [6.45, 7) is 1.63. The second kappa shape index (κ2) is 5.16. The molecule has 16 heavy (non-hydrogen) atoms. The largest absolute Gasteiger partial charge is 0.496 e. The number of hydrogen-bond donors (Lipinski definition) is 1. The number of ether oxygens (including phenoxy) is 2. The van der Waals surface area contributed by atoms with E-state index in [2.05, 4.69) is 9.89 Å². The Morgan fingerprint density at radius 2 is 2.06 bits per heavy atom. The molecule has 1 aromatic rings. The highest BCUT2D eigenvalue weighted by Gasteiger charge is 2.12. The van der Waals surface area contributed by atoms with Gasteiger partial charge in [-0.25, -0.2) is 4.79 Å². The third kappa shape index (κ3) is 2.31. The van der Waals surface area contributed by atoms with Crippen molar-refractivity contribution in [3.63, 3.8) is 0 Å². The highest BCUT2D eigenvalue weighted by molar-refractivity contribution is 6.02. The SMILES string of the molecule is COC(=O)c1ccc(C(C)=NO)c(OC)c1. The van der Waals surface area contributed by atoms with Crippen molar-refractivity contribution >= 4 is 11.7 Å². The fourth-order valence-electron chi connectivity index (χ4n) is 1.29. The van der Waals surface area contributed by atoms with Crippen LogP contribution in [0.1, 0.15) is 22.8 Å². The third-order valence-electron chi connectivity index (χ3n) is 2.16. The summed E-state index contributed by atoms with van der Waals surface area (Å²) in [5, 5.41) is 11.8. The molecule has 1 rings (SSSR count). The van der Waals surface area contributed by atoms with Crippen molar-refractivity contribution in [2.45, 2.75) is 6.92 Å². The fraction of sp³-hybridized carbons (Fsp3) is 0.273. The van der Waals surface area contributed by atoms with E-state index in [1.54, 1.807) is 19.1 Å². The van der Waals surface area contributed by atoms with Gasteiger partial charge in [-0.3, -0.25) is 0 Å². The molecule has 0 aliphatic carbocycles. The predicted octanol–water partition coefficient (Wildman–Crippen LogP) is 1.68. The average Bonchev–Trinajstić information content (AvgIpc) is 2.35. The van der Waals surface area contributed by atoms with Crippen LogP contribution in [0.15, 0.2) is 23.4 Å². The molecular formula is C11H13NO4. The normalized spacial score (nSPS) is 11.1. The Balaban J connectivity index is 3.22. The molecule has 86 valence electrons. The molecule has 0 saturated heterocycles. The van der Waals surface area contributed by atoms with E-state index in [1.807, 2.05) is 0 Å². The van der Waals surface area contributed by atoms with Crippen LogP contribution in [0.2, 0.25) is 0 Å². The van der Waals surface area contributed by atoms with Crippen LogP contribution in [0.4, 0.5) is 0 Å². The van der Waals surface area contributed by atoms with E-state index in [0.717, 1.165) is 0 Å². The van der Waals surface area contributed by atoms with E-state index in [0.29, 0.717) is 22.6 Å². The first-order valence-corrected chi connectivity index (χ1v) is 4.59. The third-order valence-corrected chi connectivity index (χ3v) is 2.16. The highest BCUT2D eigenvalue weighted by atomic mass is 16.5. The Morgan fingerprint density at radius 3 is 2.56 bits per heavy atom. The molecule has 0 radical (unpaired) electrons. The molecule has 0 bridgehead atoms. The van der Waals surface area contributed by atoms with Gasteiger partial charge in [-0.2, -0.15) is 0 Å². The molecule has 0 amide bonds. The summed E-state index contributed by atoms with van der Waals surface area (Å²) in [7, 11) is 2.79. The summed E-state index contributed by atoms with van der Waals surface area (Å²) in [5.74, 6) is 0.0154. The number of nitrogens with zero attached hydrogens (tertiary/aromatic N) is 1. The topological polar surface area (TPSA) is 68.1 Å². The summed E-state index contributed by atoms with van der Waals surface area (Å²) in [4.78, 5) is 11.3. The minimum atomic E-state index is -0.441. The van der Waals surface area contributed by atoms with Gasteiger partial charge in [0, 0.05) is 5.56 Å². The minimum absolute atomic E-state index is 0.383. The number of rotatable bonds is 3. The molecule has 0 aromatic heterocycles. The standard InChI is InChI=1S/C11H13NO4/c1-7(12-14)9-5-4-8(11(13)16-3)6-10(9)15-2/h4-6,14H,1-3H3. The van der Waals surface area contributed by atoms with Gasteiger partial charge in [0.2, 0.25) is 0 Å². The number of oxime groups is 1. The lowest BCUT2D eigenvalue weighted by molar-refractivity contribution is 0.0600. The van der Waals surface area contributed by atoms with Crippen LogP contribution in [0.5, 0.6) is 5.75 Å². The van der Waals surface area contributed by atoms with Gasteiger partial charge in [0.25, 0.3) is 0 Å². The monoisotopic (exact) mass is 223 g/mol. The fourth-order valence-corrected chi connectivity index (χ4v) is 1.29. The number of carbonyl (C=O) groups excluding carboxylic acids is 1. The van der Waals surface area contributed by atoms with Crippen LogP contribution < -0.4 is 4.74 Å². The lowest BCUT2D eigenvalue weighted by Gasteiger charge is -2.08. The van der Waals surface area contributed by atoms with Crippen LogP contribution >= 0.6 is 0 Å². The van der Waals surface area contributed by atoms with Gasteiger partial charge < -0.3 is 14.7 Å². The highest BCUT2D eigenvalue weighted by Crippen LogP contribution is 2.21. The lowest BCUT2D eigenvalue weighted by Crippen LogP contribution is -2.05. The van der Waals surface area contributed by atoms with Crippen molar-refractivity contribution < 1.29 is 19.5 Å². The van der Waals surface area contributed by atoms with Gasteiger partial charge in [0.1, 0.15) is 5.75 Å². The molecular weight excluding hydrogens is 210 g/mol. The second-order valence-electron chi connectivity index (χ2n) is 3.09. The van der Waals surface area contributed by atoms with Gasteiger partial charge in [-0.05, 0) is 25.1 Å². The van der Waals surface area contributed by atoms with Crippen molar-refractivity contribution in [2.24, 2.45) is 5.16 Å². The first kappa shape index (κ1) is 12.0. The van der Waals surface area contributed by atoms with E-state index in [1.165, 1.54) is 20.3 Å². The molecule has 5 nitrogen and oxygen atoms in total. The molecule has 1 N–H and O–H groups in total. The molecule has 0 unspecified atom stereocenters. The van der Waals surface area contributed by atoms with E-state index >= 15 is 0 Å². The summed E-state index contributed by atoms with van der Waals surface area (Å²) in [6, 6.07) is 4.76. The zero-order valence-corrected chi connectivity index (χ0v) is 9.35. The van der Waals surface area contributed by atoms with Crippen molar-refractivity contribution in [2.75, 3.05) is 14.2 Å². The van der Waals surface area contributed by atoms with Gasteiger partial charge in [-0.15, -0.1) is 0 Å². The Hall–Kier alpha value is -2.04. The Bertz CT molecular complexity index is 426. The molecule has 1 aromatic carbocycles. The maximum absolute atomic E-state index is 11.3. The summed E-state index contributed by atoms with van der Waals surface area (Å²) in [5.41, 5.74) is 1.42. The number of hydrogen-bond acceptors (Lipinski definition) is 5. The zero-order chi connectivity index (χ0) is 12.1. The quantitative estimate of drug-likeness (QED) is 0.366. The van der Waals surface area contributed by atoms with Gasteiger partial charge in [-0.1, -0.05) is 5.16 Å². The molecule has 0 fully saturated rings. The Labute approximate surface area is 93.3 Å². The number of methoxy groups -OCH3 is 2. The van der Waals surface area contributed by atoms with Crippen LogP contribution in [-0.2, 0) is 4.74 Å². The summed E-state index contributed by atoms with van der Waals surface area (Å²) >= 11 is 0. The summed E-state index contributed by atoms with van der Waals surface area (Å²) < 4.78 is 9.69. The molecule has 5 heteroatoms. The van der Waals surface area contributed by atoms with E-state index in [-0.39, 0.29) is 0 Å². The van der Waals surface area contributed by atoms with Crippen molar-refractivity contribution in [3.05, 3.63) is 29.3 Å². The average molecular weight is 223 g/mol. The lowest BCUT2D eigenvalue weighted by atomic mass is 10.1. The minimum Gasteiger partial charge on any atom is -0.496 e. The van der Waals surface area contributed by atoms with Crippen LogP contribution in [-0.4, -0.2) is 31.1 Å². The Kier molecular flexibility index (Phi) is 3.88. The first-order valence-electron chi connectivity index (χ1n) is 4.59. The number of esters is 1. The molecule has 0 heterocycles. The molecule has 0 atom stereocenters. The van der Waals surface area contributed by atoms with Crippen molar-refractivity contribution in [1.29, 1.82) is 0 Å². The smallest absolute Gasteiger partial charge is 0.337 e. The van der Waals surface area contributed by atoms with Gasteiger partial charge >= 0.3 is 5.97 Å². The predicted molar refractivity (Wildman–Crippen MR) is 58.3 cm³/mol. The van der Waals surface area contributed by atoms with E-state index in [9.17, 15) is 4.79 Å². The summed E-state index contributed by atoms with van der Waals surface area (Å²) in [6.07, 6.45) is 0. The zero-order valence-electron chi connectivity index (χ0n) is 9.35. The van der Waals surface area contributed by atoms with E-state index < -0.39 is 5.97 Å². The second-order valence-corrected chi connectivity index (χ2v) is 3.09. The number of benzene rings is 1. The van der Waals surface area contributed by atoms with Gasteiger partial charge in [0.15, 0.2) is 0 Å². The van der Waals surface area contributed by atoms with Crippen LogP contribution in [0, 0.1) is 0 Å². The Morgan fingerprint density at radius 1 is 1.38 bits per heavy atom. The van der Waals surface area contributed by atoms with E-state index in [4.69, 9.17) is 9.94 Å². The van der Waals surface area contributed by atoms with Crippen LogP contribution in [0.3, 0.4) is 0 Å². The first-order chi connectivity index (χ1) is 7.63. The maximum atomic E-state index is 11.3. The molecule has 0 saturated carbocycles. The number of carbonyl (C=O) groups is 1. The van der Waals surface area contributed by atoms with Crippen LogP contribution in [0.25, 0.3) is 0 Å². The molecule has 0 aliphatic rings.